The third kappa shape index (κ3) is 2.82. The molecule has 2 aliphatic rings. The van der Waals surface area contributed by atoms with Gasteiger partial charge in [-0.1, -0.05) is 18.2 Å². The molecule has 5 rings (SSSR count). The van der Waals surface area contributed by atoms with E-state index in [4.69, 9.17) is 9.15 Å². The minimum atomic E-state index is -1.05. The molecular weight excluding hydrogens is 455 g/mol. The van der Waals surface area contributed by atoms with Crippen LogP contribution in [0.4, 0.5) is 14.9 Å². The fourth-order valence-corrected chi connectivity index (χ4v) is 4.46. The van der Waals surface area contributed by atoms with Crippen molar-refractivity contribution in [3.05, 3.63) is 82.5 Å². The first-order valence-corrected chi connectivity index (χ1v) is 10.1. The predicted molar refractivity (Wildman–Crippen MR) is 110 cm³/mol. The number of fused-ring (bicyclic) bond motifs is 4. The Kier molecular flexibility index (Phi) is 4.21. The van der Waals surface area contributed by atoms with Crippen LogP contribution in [0.25, 0.3) is 0 Å². The summed E-state index contributed by atoms with van der Waals surface area (Å²) in [6, 6.07) is 14.9. The molecule has 0 spiro atoms. The molecule has 1 aromatic heterocycles. The maximum Gasteiger partial charge on any atom is 0.335 e. The minimum Gasteiger partial charge on any atom is -0.467 e. The van der Waals surface area contributed by atoms with Crippen LogP contribution >= 0.6 is 15.9 Å². The summed E-state index contributed by atoms with van der Waals surface area (Å²) in [6.07, 6.45) is 0.348. The molecule has 2 atom stereocenters. The first-order valence-electron chi connectivity index (χ1n) is 9.34. The van der Waals surface area contributed by atoms with E-state index in [2.05, 4.69) is 15.9 Å². The first kappa shape index (κ1) is 18.9. The summed E-state index contributed by atoms with van der Waals surface area (Å²) in [6.45, 7) is 1.79. The molecule has 2 aliphatic heterocycles. The molecule has 8 heteroatoms. The largest absolute Gasteiger partial charge is 0.467 e. The smallest absolute Gasteiger partial charge is 0.335 e. The van der Waals surface area contributed by atoms with Gasteiger partial charge in [0.25, 0.3) is 5.91 Å². The molecule has 30 heavy (non-hydrogen) atoms. The monoisotopic (exact) mass is 470 g/mol. The van der Waals surface area contributed by atoms with Crippen LogP contribution in [-0.4, -0.2) is 22.6 Å². The van der Waals surface area contributed by atoms with Gasteiger partial charge < -0.3 is 9.15 Å². The Bertz CT molecular complexity index is 1160. The highest BCUT2D eigenvalue weighted by molar-refractivity contribution is 9.10. The fraction of sp³-hybridized carbons (Fsp3) is 0.182. The van der Waals surface area contributed by atoms with Crippen molar-refractivity contribution in [3.63, 3.8) is 0 Å². The van der Waals surface area contributed by atoms with Crippen LogP contribution in [0.3, 0.4) is 0 Å². The van der Waals surface area contributed by atoms with Gasteiger partial charge in [-0.15, -0.1) is 0 Å². The fourth-order valence-electron chi connectivity index (χ4n) is 4.16. The van der Waals surface area contributed by atoms with Gasteiger partial charge in [-0.2, -0.15) is 0 Å². The Labute approximate surface area is 180 Å². The van der Waals surface area contributed by atoms with E-state index >= 15 is 0 Å². The third-order valence-electron chi connectivity index (χ3n) is 5.45. The molecule has 6 nitrogen and oxygen atoms in total. The van der Waals surface area contributed by atoms with Crippen LogP contribution in [-0.2, 0) is 0 Å². The van der Waals surface area contributed by atoms with E-state index in [0.29, 0.717) is 22.5 Å². The molecule has 2 bridgehead atoms. The molecule has 2 aromatic carbocycles. The van der Waals surface area contributed by atoms with Crippen LogP contribution in [0.15, 0.2) is 69.8 Å². The van der Waals surface area contributed by atoms with E-state index in [1.807, 2.05) is 24.3 Å². The molecule has 1 saturated heterocycles. The molecular formula is C22H16BrFN2O4. The highest BCUT2D eigenvalue weighted by Crippen LogP contribution is 2.49. The lowest BCUT2D eigenvalue weighted by Gasteiger charge is -2.53. The number of benzene rings is 2. The van der Waals surface area contributed by atoms with Crippen molar-refractivity contribution in [3.8, 4) is 5.75 Å². The van der Waals surface area contributed by atoms with Crippen molar-refractivity contribution in [2.75, 3.05) is 4.90 Å². The number of carbonyl (C=O) groups is 2. The molecule has 0 aliphatic carbocycles. The second-order valence-corrected chi connectivity index (χ2v) is 8.19. The lowest BCUT2D eigenvalue weighted by Crippen LogP contribution is -2.67. The number of amides is 3. The Hall–Kier alpha value is -3.13. The summed E-state index contributed by atoms with van der Waals surface area (Å²) < 4.78 is 25.6. The number of hydrogen-bond donors (Lipinski definition) is 0. The van der Waals surface area contributed by atoms with E-state index in [-0.39, 0.29) is 5.76 Å². The zero-order valence-electron chi connectivity index (χ0n) is 15.8. The van der Waals surface area contributed by atoms with Crippen LogP contribution in [0.1, 0.15) is 35.5 Å². The van der Waals surface area contributed by atoms with Crippen LogP contribution < -0.4 is 9.64 Å². The number of carbonyl (C=O) groups excluding carboxylic acids is 2. The molecule has 0 N–H and O–H groups in total. The van der Waals surface area contributed by atoms with Gasteiger partial charge in [0.15, 0.2) is 16.2 Å². The van der Waals surface area contributed by atoms with Crippen molar-refractivity contribution in [1.29, 1.82) is 0 Å². The van der Waals surface area contributed by atoms with E-state index in [1.165, 1.54) is 40.1 Å². The topological polar surface area (TPSA) is 63.0 Å². The van der Waals surface area contributed by atoms with Crippen molar-refractivity contribution in [2.24, 2.45) is 0 Å². The molecule has 0 radical (unpaired) electrons. The van der Waals surface area contributed by atoms with Gasteiger partial charge in [0, 0.05) is 17.7 Å². The molecule has 152 valence electrons. The van der Waals surface area contributed by atoms with Gasteiger partial charge in [0.2, 0.25) is 0 Å². The minimum absolute atomic E-state index is 0.0434. The normalized spacial score (nSPS) is 22.5. The number of para-hydroxylation sites is 1. The van der Waals surface area contributed by atoms with Crippen molar-refractivity contribution in [1.82, 2.24) is 4.90 Å². The average Bonchev–Trinajstić information content (AvgIpc) is 3.15. The van der Waals surface area contributed by atoms with Gasteiger partial charge in [-0.05, 0) is 65.3 Å². The second kappa shape index (κ2) is 6.70. The number of anilines is 1. The van der Waals surface area contributed by atoms with Crippen LogP contribution in [0.2, 0.25) is 0 Å². The van der Waals surface area contributed by atoms with E-state index in [1.54, 1.807) is 13.0 Å². The maximum absolute atomic E-state index is 13.7. The van der Waals surface area contributed by atoms with Crippen molar-refractivity contribution >= 4 is 33.6 Å². The van der Waals surface area contributed by atoms with Gasteiger partial charge >= 0.3 is 6.03 Å². The second-order valence-electron chi connectivity index (χ2n) is 7.41. The molecule has 3 aromatic rings. The molecule has 0 unspecified atom stereocenters. The standard InChI is InChI=1S/C22H16BrFN2O4/c1-22-12-16(15-4-2-3-5-17(15)30-22)25(20(27)18-10-11-19(23)29-18)21(28)26(22)14-8-6-13(24)7-9-14/h2-11,16H,12H2,1H3/t16-,22-/m0/s1. The number of furan rings is 1. The van der Waals surface area contributed by atoms with Crippen LogP contribution in [0.5, 0.6) is 5.75 Å². The highest BCUT2D eigenvalue weighted by Gasteiger charge is 2.55. The molecule has 3 heterocycles. The van der Waals surface area contributed by atoms with E-state index in [0.717, 1.165) is 5.56 Å². The summed E-state index contributed by atoms with van der Waals surface area (Å²) in [4.78, 5) is 29.6. The SMILES string of the molecule is C[C@@]12C[C@@H](c3ccccc3O1)N(C(=O)c1ccc(Br)o1)C(=O)N2c1ccc(F)cc1. The number of urea groups is 1. The number of hydrogen-bond acceptors (Lipinski definition) is 4. The highest BCUT2D eigenvalue weighted by atomic mass is 79.9. The molecule has 3 amide bonds. The Morgan fingerprint density at radius 1 is 1.13 bits per heavy atom. The molecule has 0 saturated carbocycles. The molecule has 1 fully saturated rings. The Morgan fingerprint density at radius 3 is 2.57 bits per heavy atom. The lowest BCUT2D eigenvalue weighted by molar-refractivity contribution is 0.00169. The summed E-state index contributed by atoms with van der Waals surface area (Å²) in [5, 5.41) is 0. The zero-order chi connectivity index (χ0) is 21.0. The average molecular weight is 471 g/mol. The number of imide groups is 1. The Balaban J connectivity index is 1.67. The summed E-state index contributed by atoms with van der Waals surface area (Å²) >= 11 is 3.19. The predicted octanol–water partition coefficient (Wildman–Crippen LogP) is 5.50. The number of nitrogens with zero attached hydrogens (tertiary/aromatic N) is 2. The summed E-state index contributed by atoms with van der Waals surface area (Å²) in [5.41, 5.74) is 0.135. The summed E-state index contributed by atoms with van der Waals surface area (Å²) in [5.74, 6) is -0.341. The third-order valence-corrected chi connectivity index (χ3v) is 5.88. The van der Waals surface area contributed by atoms with Gasteiger partial charge in [-0.25, -0.2) is 14.1 Å². The quantitative estimate of drug-likeness (QED) is 0.495. The Morgan fingerprint density at radius 2 is 1.87 bits per heavy atom. The maximum atomic E-state index is 13.7. The number of halogens is 2. The lowest BCUT2D eigenvalue weighted by atomic mass is 9.88. The van der Waals surface area contributed by atoms with E-state index < -0.39 is 29.5 Å². The van der Waals surface area contributed by atoms with Gasteiger partial charge in [-0.3, -0.25) is 9.69 Å². The van der Waals surface area contributed by atoms with Gasteiger partial charge in [0.05, 0.1) is 6.04 Å². The first-order chi connectivity index (χ1) is 14.4. The van der Waals surface area contributed by atoms with Crippen molar-refractivity contribution in [2.45, 2.75) is 25.1 Å². The van der Waals surface area contributed by atoms with E-state index in [9.17, 15) is 14.0 Å². The van der Waals surface area contributed by atoms with Crippen molar-refractivity contribution < 1.29 is 23.1 Å². The van der Waals surface area contributed by atoms with Crippen LogP contribution in [0, 0.1) is 5.82 Å². The van der Waals surface area contributed by atoms with Gasteiger partial charge in [0.1, 0.15) is 11.6 Å². The number of rotatable bonds is 2. The summed E-state index contributed by atoms with van der Waals surface area (Å²) in [7, 11) is 0. The number of ether oxygens (including phenoxy) is 1. The zero-order valence-corrected chi connectivity index (χ0v) is 17.4.